The molecule has 4 aromatic carbocycles. The van der Waals surface area contributed by atoms with Crippen LogP contribution in [0.15, 0.2) is 146 Å². The van der Waals surface area contributed by atoms with Crippen LogP contribution in [0.1, 0.15) is 0 Å². The average molecular weight is 565 g/mol. The smallest absolute Gasteiger partial charge is 0.237 e. The lowest BCUT2D eigenvalue weighted by Crippen LogP contribution is -2.05. The van der Waals surface area contributed by atoms with E-state index in [0.29, 0.717) is 5.95 Å². The van der Waals surface area contributed by atoms with Crippen LogP contribution in [-0.2, 0) is 0 Å². The summed E-state index contributed by atoms with van der Waals surface area (Å²) < 4.78 is 4.34. The number of aromatic nitrogens is 6. The van der Waals surface area contributed by atoms with Crippen LogP contribution in [0, 0.1) is 0 Å². The van der Waals surface area contributed by atoms with Gasteiger partial charge in [-0.3, -0.25) is 9.55 Å². The zero-order valence-electron chi connectivity index (χ0n) is 23.5. The number of pyridine rings is 2. The Morgan fingerprint density at radius 1 is 0.432 bits per heavy atom. The minimum Gasteiger partial charge on any atom is -0.308 e. The Labute approximate surface area is 252 Å². The Bertz CT molecular complexity index is 2420. The van der Waals surface area contributed by atoms with Gasteiger partial charge in [-0.25, -0.2) is 15.0 Å². The fourth-order valence-corrected chi connectivity index (χ4v) is 6.21. The Kier molecular flexibility index (Phi) is 5.40. The summed E-state index contributed by atoms with van der Waals surface area (Å²) in [6.07, 6.45) is 1.83. The van der Waals surface area contributed by atoms with Crippen molar-refractivity contribution >= 4 is 44.0 Å². The fourth-order valence-electron chi connectivity index (χ4n) is 6.21. The van der Waals surface area contributed by atoms with Crippen LogP contribution in [0.25, 0.3) is 78.2 Å². The molecule has 9 rings (SSSR count). The number of rotatable bonds is 4. The van der Waals surface area contributed by atoms with Gasteiger partial charge in [0.05, 0.1) is 39.0 Å². The highest BCUT2D eigenvalue weighted by molar-refractivity contribution is 6.14. The summed E-state index contributed by atoms with van der Waals surface area (Å²) in [5.74, 6) is 0.553. The monoisotopic (exact) mass is 564 g/mol. The molecule has 0 spiro atoms. The summed E-state index contributed by atoms with van der Waals surface area (Å²) >= 11 is 0. The highest BCUT2D eigenvalue weighted by Crippen LogP contribution is 2.37. The van der Waals surface area contributed by atoms with Gasteiger partial charge in [-0.15, -0.1) is 0 Å². The van der Waals surface area contributed by atoms with Gasteiger partial charge < -0.3 is 4.57 Å². The molecule has 0 saturated carbocycles. The first kappa shape index (κ1) is 24.5. The van der Waals surface area contributed by atoms with Crippen molar-refractivity contribution in [2.24, 2.45) is 0 Å². The summed E-state index contributed by atoms with van der Waals surface area (Å²) in [6, 6.07) is 47.6. The summed E-state index contributed by atoms with van der Waals surface area (Å²) in [6.45, 7) is 0. The van der Waals surface area contributed by atoms with Gasteiger partial charge in [-0.1, -0.05) is 97.1 Å². The second-order valence-electron chi connectivity index (χ2n) is 10.8. The maximum absolute atomic E-state index is 5.39. The molecule has 6 heteroatoms. The molecule has 0 aliphatic heterocycles. The van der Waals surface area contributed by atoms with E-state index in [-0.39, 0.29) is 0 Å². The van der Waals surface area contributed by atoms with Gasteiger partial charge in [-0.05, 0) is 42.5 Å². The molecule has 9 aromatic rings. The van der Waals surface area contributed by atoms with E-state index in [4.69, 9.17) is 19.9 Å². The molecule has 0 radical (unpaired) electrons. The molecule has 5 aromatic heterocycles. The number of para-hydroxylation sites is 2. The maximum Gasteiger partial charge on any atom is 0.237 e. The van der Waals surface area contributed by atoms with Crippen LogP contribution in [0.4, 0.5) is 0 Å². The lowest BCUT2D eigenvalue weighted by Gasteiger charge is -2.11. The summed E-state index contributed by atoms with van der Waals surface area (Å²) in [5, 5.41) is 2.03. The van der Waals surface area contributed by atoms with Crippen molar-refractivity contribution in [1.82, 2.24) is 29.1 Å². The topological polar surface area (TPSA) is 61.4 Å². The van der Waals surface area contributed by atoms with Crippen LogP contribution in [-0.4, -0.2) is 29.1 Å². The largest absolute Gasteiger partial charge is 0.308 e. The Balaban J connectivity index is 1.40. The lowest BCUT2D eigenvalue weighted by atomic mass is 10.1. The van der Waals surface area contributed by atoms with Crippen LogP contribution in [0.5, 0.6) is 0 Å². The van der Waals surface area contributed by atoms with Gasteiger partial charge in [0.25, 0.3) is 0 Å². The zero-order valence-corrected chi connectivity index (χ0v) is 23.5. The molecule has 0 unspecified atom stereocenters. The molecule has 0 aliphatic rings. The second-order valence-corrected chi connectivity index (χ2v) is 10.8. The van der Waals surface area contributed by atoms with E-state index < -0.39 is 0 Å². The van der Waals surface area contributed by atoms with Crippen molar-refractivity contribution in [3.05, 3.63) is 146 Å². The quantitative estimate of drug-likeness (QED) is 0.214. The SMILES string of the molecule is c1ccc(-c2cc(-c3ccccc3)nc(-n3c4cccnc4c4cc5c(nc43)c3ccccc3n5-c3ccccc3)n2)cc1. The third-order valence-corrected chi connectivity index (χ3v) is 8.19. The molecule has 0 saturated heterocycles. The molecule has 0 N–H and O–H groups in total. The molecule has 0 fully saturated rings. The molecule has 6 nitrogen and oxygen atoms in total. The second kappa shape index (κ2) is 9.71. The van der Waals surface area contributed by atoms with E-state index in [2.05, 4.69) is 100 Å². The van der Waals surface area contributed by atoms with Crippen molar-refractivity contribution in [2.75, 3.05) is 0 Å². The molecule has 0 bridgehead atoms. The third kappa shape index (κ3) is 3.75. The summed E-state index contributed by atoms with van der Waals surface area (Å²) in [5.41, 5.74) is 10.4. The van der Waals surface area contributed by atoms with Crippen molar-refractivity contribution in [3.8, 4) is 34.2 Å². The van der Waals surface area contributed by atoms with Gasteiger partial charge in [-0.2, -0.15) is 0 Å². The third-order valence-electron chi connectivity index (χ3n) is 8.19. The molecule has 0 aliphatic carbocycles. The number of hydrogen-bond acceptors (Lipinski definition) is 4. The number of benzene rings is 4. The Morgan fingerprint density at radius 3 is 1.75 bits per heavy atom. The molecular weight excluding hydrogens is 540 g/mol. The van der Waals surface area contributed by atoms with Gasteiger partial charge in [0.1, 0.15) is 0 Å². The zero-order chi connectivity index (χ0) is 29.0. The molecule has 206 valence electrons. The summed E-state index contributed by atoms with van der Waals surface area (Å²) in [7, 11) is 0. The predicted octanol–water partition coefficient (Wildman–Crippen LogP) is 8.79. The average Bonchev–Trinajstić information content (AvgIpc) is 3.60. The van der Waals surface area contributed by atoms with Crippen molar-refractivity contribution in [3.63, 3.8) is 0 Å². The fraction of sp³-hybridized carbons (Fsp3) is 0. The first-order valence-corrected chi connectivity index (χ1v) is 14.6. The first-order valence-electron chi connectivity index (χ1n) is 14.6. The van der Waals surface area contributed by atoms with E-state index in [1.807, 2.05) is 54.7 Å². The van der Waals surface area contributed by atoms with Gasteiger partial charge in [0, 0.05) is 33.8 Å². The van der Waals surface area contributed by atoms with Crippen LogP contribution in [0.2, 0.25) is 0 Å². The van der Waals surface area contributed by atoms with E-state index >= 15 is 0 Å². The van der Waals surface area contributed by atoms with Crippen molar-refractivity contribution in [1.29, 1.82) is 0 Å². The van der Waals surface area contributed by atoms with Gasteiger partial charge in [0.15, 0.2) is 5.65 Å². The van der Waals surface area contributed by atoms with Crippen molar-refractivity contribution < 1.29 is 0 Å². The van der Waals surface area contributed by atoms with Gasteiger partial charge in [0.2, 0.25) is 5.95 Å². The highest BCUT2D eigenvalue weighted by Gasteiger charge is 2.22. The number of nitrogens with zero attached hydrogens (tertiary/aromatic N) is 6. The Hall–Kier alpha value is -6.14. The standard InChI is InChI=1S/C38H24N6/c1-4-13-25(14-5-1)30-24-31(26-15-6-2-7-16-26)41-38(40-30)44-33-21-12-22-39-35(33)29-23-34-36(42-37(29)44)28-19-10-11-20-32(28)43(34)27-17-8-3-9-18-27/h1-24H. The minimum absolute atomic E-state index is 0.553. The molecule has 44 heavy (non-hydrogen) atoms. The van der Waals surface area contributed by atoms with Gasteiger partial charge >= 0.3 is 0 Å². The van der Waals surface area contributed by atoms with Crippen LogP contribution < -0.4 is 0 Å². The van der Waals surface area contributed by atoms with E-state index in [0.717, 1.165) is 72.2 Å². The maximum atomic E-state index is 5.39. The van der Waals surface area contributed by atoms with Crippen LogP contribution in [0.3, 0.4) is 0 Å². The first-order chi connectivity index (χ1) is 21.8. The Morgan fingerprint density at radius 2 is 1.05 bits per heavy atom. The molecular formula is C38H24N6. The number of hydrogen-bond donors (Lipinski definition) is 0. The minimum atomic E-state index is 0.553. The molecule has 0 atom stereocenters. The van der Waals surface area contributed by atoms with E-state index in [1.165, 1.54) is 0 Å². The lowest BCUT2D eigenvalue weighted by molar-refractivity contribution is 0.983. The molecule has 0 amide bonds. The van der Waals surface area contributed by atoms with Crippen LogP contribution >= 0.6 is 0 Å². The number of fused-ring (bicyclic) bond motifs is 6. The van der Waals surface area contributed by atoms with Crippen molar-refractivity contribution in [2.45, 2.75) is 0 Å². The summed E-state index contributed by atoms with van der Waals surface area (Å²) in [4.78, 5) is 20.5. The highest BCUT2D eigenvalue weighted by atomic mass is 15.2. The predicted molar refractivity (Wildman–Crippen MR) is 177 cm³/mol. The normalized spacial score (nSPS) is 11.6. The van der Waals surface area contributed by atoms with E-state index in [9.17, 15) is 0 Å². The van der Waals surface area contributed by atoms with E-state index in [1.54, 1.807) is 0 Å². The molecule has 5 heterocycles.